The van der Waals surface area contributed by atoms with Gasteiger partial charge in [0.1, 0.15) is 5.75 Å². The van der Waals surface area contributed by atoms with Gasteiger partial charge in [0, 0.05) is 23.9 Å². The number of hydrogen-bond donors (Lipinski definition) is 2. The summed E-state index contributed by atoms with van der Waals surface area (Å²) >= 11 is 0. The number of nitrogens with zero attached hydrogens (tertiary/aromatic N) is 2. The molecule has 8 heteroatoms. The Labute approximate surface area is 111 Å². The summed E-state index contributed by atoms with van der Waals surface area (Å²) in [4.78, 5) is 25.2. The quantitative estimate of drug-likeness (QED) is 0.387. The first kappa shape index (κ1) is 13.4. The first-order chi connectivity index (χ1) is 9.49. The smallest absolute Gasteiger partial charge is 0.296 e. The van der Waals surface area contributed by atoms with Gasteiger partial charge in [0.05, 0.1) is 4.92 Å². The van der Waals surface area contributed by atoms with Crippen LogP contribution < -0.4 is 5.32 Å². The van der Waals surface area contributed by atoms with Crippen molar-refractivity contribution in [3.8, 4) is 5.75 Å². The molecule has 1 aromatic heterocycles. The highest BCUT2D eigenvalue weighted by molar-refractivity contribution is 6.06. The number of aromatic hydroxyl groups is 1. The van der Waals surface area contributed by atoms with E-state index in [-0.39, 0.29) is 11.3 Å². The SMILES string of the molecule is O=C(Nc1c(O)cccc1[N+](=O)[O-])c1ccnc(F)c1. The third-order valence-electron chi connectivity index (χ3n) is 2.44. The predicted molar refractivity (Wildman–Crippen MR) is 66.9 cm³/mol. The van der Waals surface area contributed by atoms with E-state index in [4.69, 9.17) is 0 Å². The summed E-state index contributed by atoms with van der Waals surface area (Å²) in [6.45, 7) is 0. The molecular formula is C12H8FN3O4. The number of carbonyl (C=O) groups is 1. The van der Waals surface area contributed by atoms with Crippen LogP contribution >= 0.6 is 0 Å². The molecule has 0 aliphatic carbocycles. The van der Waals surface area contributed by atoms with Gasteiger partial charge < -0.3 is 10.4 Å². The number of pyridine rings is 1. The minimum atomic E-state index is -0.857. The van der Waals surface area contributed by atoms with E-state index in [1.807, 2.05) is 0 Å². The number of nitro benzene ring substituents is 1. The first-order valence-corrected chi connectivity index (χ1v) is 5.38. The fourth-order valence-corrected chi connectivity index (χ4v) is 1.54. The van der Waals surface area contributed by atoms with Gasteiger partial charge in [0.2, 0.25) is 5.95 Å². The Morgan fingerprint density at radius 2 is 2.15 bits per heavy atom. The van der Waals surface area contributed by atoms with E-state index < -0.39 is 28.2 Å². The number of para-hydroxylation sites is 1. The van der Waals surface area contributed by atoms with Crippen molar-refractivity contribution in [2.24, 2.45) is 0 Å². The van der Waals surface area contributed by atoms with Gasteiger partial charge in [-0.2, -0.15) is 4.39 Å². The van der Waals surface area contributed by atoms with E-state index in [0.717, 1.165) is 18.3 Å². The Kier molecular flexibility index (Phi) is 3.56. The zero-order valence-electron chi connectivity index (χ0n) is 9.91. The number of anilines is 1. The highest BCUT2D eigenvalue weighted by atomic mass is 19.1. The summed E-state index contributed by atoms with van der Waals surface area (Å²) in [6, 6.07) is 5.71. The lowest BCUT2D eigenvalue weighted by atomic mass is 10.2. The lowest BCUT2D eigenvalue weighted by Crippen LogP contribution is -2.13. The minimum Gasteiger partial charge on any atom is -0.505 e. The highest BCUT2D eigenvalue weighted by Crippen LogP contribution is 2.33. The molecule has 0 atom stereocenters. The zero-order valence-corrected chi connectivity index (χ0v) is 9.91. The molecule has 1 heterocycles. The summed E-state index contributed by atoms with van der Waals surface area (Å²) in [6.07, 6.45) is 1.09. The van der Waals surface area contributed by atoms with Gasteiger partial charge in [0.15, 0.2) is 5.69 Å². The van der Waals surface area contributed by atoms with Crippen LogP contribution in [0.5, 0.6) is 5.75 Å². The van der Waals surface area contributed by atoms with Crippen LogP contribution in [-0.4, -0.2) is 20.9 Å². The number of benzene rings is 1. The number of phenolic OH excluding ortho intramolecular Hbond substituents is 1. The normalized spacial score (nSPS) is 10.1. The van der Waals surface area contributed by atoms with E-state index in [9.17, 15) is 24.4 Å². The molecule has 2 rings (SSSR count). The average Bonchev–Trinajstić information content (AvgIpc) is 2.40. The van der Waals surface area contributed by atoms with E-state index in [0.29, 0.717) is 0 Å². The second kappa shape index (κ2) is 5.31. The van der Waals surface area contributed by atoms with Crippen molar-refractivity contribution in [1.82, 2.24) is 4.98 Å². The van der Waals surface area contributed by atoms with E-state index in [1.54, 1.807) is 0 Å². The third-order valence-corrected chi connectivity index (χ3v) is 2.44. The van der Waals surface area contributed by atoms with Crippen molar-refractivity contribution < 1.29 is 19.2 Å². The summed E-state index contributed by atoms with van der Waals surface area (Å²) in [7, 11) is 0. The molecule has 0 aliphatic heterocycles. The maximum Gasteiger partial charge on any atom is 0.296 e. The molecule has 0 unspecified atom stereocenters. The summed E-state index contributed by atoms with van der Waals surface area (Å²) in [5.74, 6) is -2.11. The topological polar surface area (TPSA) is 105 Å². The number of nitrogens with one attached hydrogen (secondary N) is 1. The fourth-order valence-electron chi connectivity index (χ4n) is 1.54. The molecule has 0 radical (unpaired) electrons. The molecule has 7 nitrogen and oxygen atoms in total. The first-order valence-electron chi connectivity index (χ1n) is 5.38. The molecule has 1 amide bonds. The van der Waals surface area contributed by atoms with Crippen molar-refractivity contribution in [2.75, 3.05) is 5.32 Å². The van der Waals surface area contributed by atoms with Crippen molar-refractivity contribution in [3.05, 3.63) is 58.2 Å². The second-order valence-electron chi connectivity index (χ2n) is 3.75. The number of hydrogen-bond acceptors (Lipinski definition) is 5. The van der Waals surface area contributed by atoms with Crippen LogP contribution in [0.4, 0.5) is 15.8 Å². The second-order valence-corrected chi connectivity index (χ2v) is 3.75. The Hall–Kier alpha value is -3.03. The van der Waals surface area contributed by atoms with E-state index >= 15 is 0 Å². The maximum atomic E-state index is 12.9. The van der Waals surface area contributed by atoms with Crippen LogP contribution in [0.1, 0.15) is 10.4 Å². The lowest BCUT2D eigenvalue weighted by Gasteiger charge is -2.07. The van der Waals surface area contributed by atoms with Crippen LogP contribution in [0.2, 0.25) is 0 Å². The van der Waals surface area contributed by atoms with Gasteiger partial charge in [-0.15, -0.1) is 0 Å². The Morgan fingerprint density at radius 3 is 2.80 bits per heavy atom. The van der Waals surface area contributed by atoms with Crippen molar-refractivity contribution in [2.45, 2.75) is 0 Å². The largest absolute Gasteiger partial charge is 0.505 e. The molecule has 0 fully saturated rings. The number of nitro groups is 1. The number of phenols is 1. The van der Waals surface area contributed by atoms with Gasteiger partial charge in [0.25, 0.3) is 11.6 Å². The molecular weight excluding hydrogens is 269 g/mol. The fraction of sp³-hybridized carbons (Fsp3) is 0. The van der Waals surface area contributed by atoms with Crippen LogP contribution in [0, 0.1) is 16.1 Å². The lowest BCUT2D eigenvalue weighted by molar-refractivity contribution is -0.384. The molecule has 20 heavy (non-hydrogen) atoms. The van der Waals surface area contributed by atoms with Crippen LogP contribution in [0.15, 0.2) is 36.5 Å². The summed E-state index contributed by atoms with van der Waals surface area (Å²) in [5, 5.41) is 22.6. The molecule has 102 valence electrons. The molecule has 0 saturated carbocycles. The van der Waals surface area contributed by atoms with Crippen molar-refractivity contribution in [1.29, 1.82) is 0 Å². The van der Waals surface area contributed by atoms with E-state index in [2.05, 4.69) is 10.3 Å². The molecule has 2 N–H and O–H groups in total. The number of aromatic nitrogens is 1. The van der Waals surface area contributed by atoms with Crippen molar-refractivity contribution >= 4 is 17.3 Å². The summed E-state index contributed by atoms with van der Waals surface area (Å²) in [5.41, 5.74) is -0.886. The Bertz CT molecular complexity index is 690. The predicted octanol–water partition coefficient (Wildman–Crippen LogP) is 2.09. The molecule has 2 aromatic rings. The van der Waals surface area contributed by atoms with Gasteiger partial charge in [-0.25, -0.2) is 4.98 Å². The Balaban J connectivity index is 2.35. The average molecular weight is 277 g/mol. The van der Waals surface area contributed by atoms with Gasteiger partial charge in [-0.3, -0.25) is 14.9 Å². The highest BCUT2D eigenvalue weighted by Gasteiger charge is 2.20. The molecule has 0 spiro atoms. The number of carbonyl (C=O) groups excluding carboxylic acids is 1. The zero-order chi connectivity index (χ0) is 14.7. The van der Waals surface area contributed by atoms with Crippen molar-refractivity contribution in [3.63, 3.8) is 0 Å². The number of halogens is 1. The van der Waals surface area contributed by atoms with Crippen LogP contribution in [0.25, 0.3) is 0 Å². The van der Waals surface area contributed by atoms with Gasteiger partial charge in [-0.05, 0) is 12.1 Å². The Morgan fingerprint density at radius 1 is 1.40 bits per heavy atom. The molecule has 0 saturated heterocycles. The number of amides is 1. The van der Waals surface area contributed by atoms with Crippen LogP contribution in [-0.2, 0) is 0 Å². The van der Waals surface area contributed by atoms with Gasteiger partial charge >= 0.3 is 0 Å². The third kappa shape index (κ3) is 2.69. The van der Waals surface area contributed by atoms with E-state index in [1.165, 1.54) is 18.2 Å². The van der Waals surface area contributed by atoms with Gasteiger partial charge in [-0.1, -0.05) is 6.07 Å². The van der Waals surface area contributed by atoms with Crippen LogP contribution in [0.3, 0.4) is 0 Å². The monoisotopic (exact) mass is 277 g/mol. The standard InChI is InChI=1S/C12H8FN3O4/c13-10-6-7(4-5-14-10)12(18)15-11-8(16(19)20)2-1-3-9(11)17/h1-6,17H,(H,15,18). The molecule has 1 aromatic carbocycles. The maximum absolute atomic E-state index is 12.9. The molecule has 0 aliphatic rings. The minimum absolute atomic E-state index is 0.0740. The molecule has 0 bridgehead atoms. The number of rotatable bonds is 3. The summed E-state index contributed by atoms with van der Waals surface area (Å²) < 4.78 is 12.9.